The van der Waals surface area contributed by atoms with Crippen molar-refractivity contribution >= 4 is 0 Å². The molecule has 0 aliphatic carbocycles. The molecule has 2 unspecified atom stereocenters. The molecular weight excluding hydrogens is 232 g/mol. The fraction of sp³-hybridized carbons (Fsp3) is 0.706. The quantitative estimate of drug-likeness (QED) is 0.659. The maximum Gasteiger partial charge on any atom is 0.0338 e. The minimum atomic E-state index is 0.468. The third-order valence-corrected chi connectivity index (χ3v) is 3.84. The highest BCUT2D eigenvalue weighted by Crippen LogP contribution is 2.26. The van der Waals surface area contributed by atoms with Crippen molar-refractivity contribution in [1.82, 2.24) is 10.3 Å². The van der Waals surface area contributed by atoms with Crippen LogP contribution in [0.4, 0.5) is 0 Å². The van der Waals surface area contributed by atoms with E-state index in [1.807, 2.05) is 18.5 Å². The molecule has 0 aliphatic rings. The minimum Gasteiger partial charge on any atom is -0.310 e. The lowest BCUT2D eigenvalue weighted by Crippen LogP contribution is -2.24. The van der Waals surface area contributed by atoms with E-state index in [1.54, 1.807) is 0 Å². The molecule has 0 radical (unpaired) electrons. The number of pyridine rings is 1. The first-order valence-electron chi connectivity index (χ1n) is 7.95. The summed E-state index contributed by atoms with van der Waals surface area (Å²) in [4.78, 5) is 4.27. The van der Waals surface area contributed by atoms with Crippen LogP contribution in [-0.2, 0) is 0 Å². The van der Waals surface area contributed by atoms with Crippen molar-refractivity contribution in [2.24, 2.45) is 5.92 Å². The van der Waals surface area contributed by atoms with Crippen LogP contribution in [0.25, 0.3) is 0 Å². The summed E-state index contributed by atoms with van der Waals surface area (Å²) in [6, 6.07) is 4.71. The maximum absolute atomic E-state index is 4.27. The predicted octanol–water partition coefficient (Wildman–Crippen LogP) is 4.73. The second-order valence-electron chi connectivity index (χ2n) is 5.45. The fourth-order valence-electron chi connectivity index (χ4n) is 2.55. The van der Waals surface area contributed by atoms with Gasteiger partial charge >= 0.3 is 0 Å². The lowest BCUT2D eigenvalue weighted by atomic mass is 9.89. The molecule has 1 heterocycles. The molecular formula is C17H30N2. The summed E-state index contributed by atoms with van der Waals surface area (Å²) in [5, 5.41) is 3.69. The Hall–Kier alpha value is -0.890. The summed E-state index contributed by atoms with van der Waals surface area (Å²) in [6.45, 7) is 7.91. The molecule has 0 aromatic carbocycles. The molecule has 1 aromatic heterocycles. The average molecular weight is 262 g/mol. The second-order valence-corrected chi connectivity index (χ2v) is 5.45. The molecule has 2 heteroatoms. The van der Waals surface area contributed by atoms with Gasteiger partial charge in [-0.25, -0.2) is 0 Å². The number of hydrogen-bond donors (Lipinski definition) is 1. The van der Waals surface area contributed by atoms with Gasteiger partial charge in [0.05, 0.1) is 0 Å². The Bertz CT molecular complexity index is 310. The molecule has 1 N–H and O–H groups in total. The lowest BCUT2D eigenvalue weighted by Gasteiger charge is -2.24. The SMILES string of the molecule is CCCCC(CC)CC(NCCC)c1cccnc1. The maximum atomic E-state index is 4.27. The molecule has 0 amide bonds. The van der Waals surface area contributed by atoms with E-state index in [9.17, 15) is 0 Å². The molecule has 2 nitrogen and oxygen atoms in total. The van der Waals surface area contributed by atoms with Crippen LogP contribution in [-0.4, -0.2) is 11.5 Å². The van der Waals surface area contributed by atoms with Gasteiger partial charge in [-0.3, -0.25) is 4.98 Å². The smallest absolute Gasteiger partial charge is 0.0338 e. The van der Waals surface area contributed by atoms with Gasteiger partial charge in [0.1, 0.15) is 0 Å². The van der Waals surface area contributed by atoms with Crippen molar-refractivity contribution in [3.05, 3.63) is 30.1 Å². The zero-order valence-electron chi connectivity index (χ0n) is 12.9. The summed E-state index contributed by atoms with van der Waals surface area (Å²) < 4.78 is 0. The number of unbranched alkanes of at least 4 members (excludes halogenated alkanes) is 1. The first-order valence-corrected chi connectivity index (χ1v) is 7.95. The third-order valence-electron chi connectivity index (χ3n) is 3.84. The third kappa shape index (κ3) is 6.20. The van der Waals surface area contributed by atoms with Gasteiger partial charge in [0.15, 0.2) is 0 Å². The van der Waals surface area contributed by atoms with Gasteiger partial charge in [0.25, 0.3) is 0 Å². The number of nitrogens with one attached hydrogen (secondary N) is 1. The number of hydrogen-bond acceptors (Lipinski definition) is 2. The molecule has 108 valence electrons. The Morgan fingerprint density at radius 3 is 2.63 bits per heavy atom. The molecule has 0 bridgehead atoms. The normalized spacial score (nSPS) is 14.3. The van der Waals surface area contributed by atoms with Crippen LogP contribution in [0.2, 0.25) is 0 Å². The van der Waals surface area contributed by atoms with Crippen molar-refractivity contribution in [2.75, 3.05) is 6.54 Å². The van der Waals surface area contributed by atoms with Crippen LogP contribution < -0.4 is 5.32 Å². The standard InChI is InChI=1S/C17H30N2/c1-4-7-9-15(6-3)13-17(19-11-5-2)16-10-8-12-18-14-16/h8,10,12,14-15,17,19H,4-7,9,11,13H2,1-3H3. The summed E-state index contributed by atoms with van der Waals surface area (Å²) >= 11 is 0. The Morgan fingerprint density at radius 1 is 1.21 bits per heavy atom. The predicted molar refractivity (Wildman–Crippen MR) is 83.2 cm³/mol. The fourth-order valence-corrected chi connectivity index (χ4v) is 2.55. The van der Waals surface area contributed by atoms with Crippen molar-refractivity contribution in [1.29, 1.82) is 0 Å². The van der Waals surface area contributed by atoms with Crippen LogP contribution in [0.5, 0.6) is 0 Å². The summed E-state index contributed by atoms with van der Waals surface area (Å²) in [5.74, 6) is 0.828. The van der Waals surface area contributed by atoms with E-state index >= 15 is 0 Å². The topological polar surface area (TPSA) is 24.9 Å². The van der Waals surface area contributed by atoms with Crippen LogP contribution in [0.1, 0.15) is 70.9 Å². The highest BCUT2D eigenvalue weighted by molar-refractivity contribution is 5.13. The van der Waals surface area contributed by atoms with Gasteiger partial charge in [0, 0.05) is 18.4 Å². The van der Waals surface area contributed by atoms with Crippen molar-refractivity contribution in [3.8, 4) is 0 Å². The van der Waals surface area contributed by atoms with Crippen LogP contribution in [0, 0.1) is 5.92 Å². The zero-order valence-corrected chi connectivity index (χ0v) is 12.9. The first-order chi connectivity index (χ1) is 9.31. The van der Waals surface area contributed by atoms with E-state index in [2.05, 4.69) is 37.1 Å². The number of aromatic nitrogens is 1. The van der Waals surface area contributed by atoms with E-state index in [1.165, 1.54) is 44.1 Å². The van der Waals surface area contributed by atoms with Gasteiger partial charge in [-0.2, -0.15) is 0 Å². The Kier molecular flexibility index (Phi) is 8.48. The van der Waals surface area contributed by atoms with Gasteiger partial charge in [0.2, 0.25) is 0 Å². The average Bonchev–Trinajstić information content (AvgIpc) is 2.47. The molecule has 0 fully saturated rings. The number of nitrogens with zero attached hydrogens (tertiary/aromatic N) is 1. The summed E-state index contributed by atoms with van der Waals surface area (Å²) in [6.07, 6.45) is 11.6. The monoisotopic (exact) mass is 262 g/mol. The minimum absolute atomic E-state index is 0.468. The largest absolute Gasteiger partial charge is 0.310 e. The zero-order chi connectivity index (χ0) is 13.9. The van der Waals surface area contributed by atoms with Gasteiger partial charge in [-0.15, -0.1) is 0 Å². The highest BCUT2D eigenvalue weighted by atomic mass is 14.9. The number of rotatable bonds is 10. The Morgan fingerprint density at radius 2 is 2.05 bits per heavy atom. The van der Waals surface area contributed by atoms with Crippen LogP contribution in [0.3, 0.4) is 0 Å². The van der Waals surface area contributed by atoms with E-state index in [4.69, 9.17) is 0 Å². The lowest BCUT2D eigenvalue weighted by molar-refractivity contribution is 0.353. The molecule has 1 aromatic rings. The molecule has 0 saturated carbocycles. The molecule has 0 saturated heterocycles. The second kappa shape index (κ2) is 9.96. The van der Waals surface area contributed by atoms with Gasteiger partial charge < -0.3 is 5.32 Å². The van der Waals surface area contributed by atoms with Crippen molar-refractivity contribution in [3.63, 3.8) is 0 Å². The summed E-state index contributed by atoms with van der Waals surface area (Å²) in [7, 11) is 0. The molecule has 19 heavy (non-hydrogen) atoms. The molecule has 0 aliphatic heterocycles. The van der Waals surface area contributed by atoms with Crippen LogP contribution >= 0.6 is 0 Å². The van der Waals surface area contributed by atoms with Gasteiger partial charge in [-0.1, -0.05) is 52.5 Å². The molecule has 0 spiro atoms. The highest BCUT2D eigenvalue weighted by Gasteiger charge is 2.16. The summed E-state index contributed by atoms with van der Waals surface area (Å²) in [5.41, 5.74) is 1.34. The first kappa shape index (κ1) is 16.2. The molecule has 2 atom stereocenters. The Labute approximate surface area is 119 Å². The Balaban J connectivity index is 2.62. The van der Waals surface area contributed by atoms with Crippen molar-refractivity contribution < 1.29 is 0 Å². The van der Waals surface area contributed by atoms with E-state index < -0.39 is 0 Å². The van der Waals surface area contributed by atoms with Crippen molar-refractivity contribution in [2.45, 2.75) is 65.3 Å². The van der Waals surface area contributed by atoms with Crippen LogP contribution in [0.15, 0.2) is 24.5 Å². The van der Waals surface area contributed by atoms with E-state index in [0.29, 0.717) is 6.04 Å². The van der Waals surface area contributed by atoms with E-state index in [-0.39, 0.29) is 0 Å². The van der Waals surface area contributed by atoms with E-state index in [0.717, 1.165) is 12.5 Å². The molecule has 1 rings (SSSR count). The van der Waals surface area contributed by atoms with Gasteiger partial charge in [-0.05, 0) is 36.9 Å².